The van der Waals surface area contributed by atoms with E-state index in [4.69, 9.17) is 14.7 Å². The van der Waals surface area contributed by atoms with Gasteiger partial charge in [0.2, 0.25) is 0 Å². The maximum Gasteiger partial charge on any atom is 0.347 e. The fourth-order valence-electron chi connectivity index (χ4n) is 6.22. The van der Waals surface area contributed by atoms with E-state index in [0.717, 1.165) is 83.3 Å². The molecule has 46 heavy (non-hydrogen) atoms. The van der Waals surface area contributed by atoms with Crippen LogP contribution in [0.5, 0.6) is 11.5 Å². The van der Waals surface area contributed by atoms with Gasteiger partial charge < -0.3 is 19.5 Å². The van der Waals surface area contributed by atoms with Crippen LogP contribution in [0.4, 0.5) is 17.1 Å². The largest absolute Gasteiger partial charge is 0.497 e. The molecule has 0 saturated heterocycles. The highest BCUT2D eigenvalue weighted by atomic mass is 16.5. The first-order chi connectivity index (χ1) is 22.5. The number of carboxylic acids is 1. The summed E-state index contributed by atoms with van der Waals surface area (Å²) in [5, 5.41) is 27.0. The molecular weight excluding hydrogens is 572 g/mol. The van der Waals surface area contributed by atoms with E-state index in [2.05, 4.69) is 83.5 Å². The molecule has 0 aliphatic carbocycles. The molecule has 0 aliphatic heterocycles. The van der Waals surface area contributed by atoms with Crippen LogP contribution in [-0.4, -0.2) is 25.3 Å². The van der Waals surface area contributed by atoms with Crippen LogP contribution < -0.4 is 14.4 Å². The Labute approximate surface area is 265 Å². The van der Waals surface area contributed by atoms with Crippen molar-refractivity contribution in [3.05, 3.63) is 126 Å². The molecule has 0 saturated carbocycles. The van der Waals surface area contributed by atoms with Crippen LogP contribution in [0.2, 0.25) is 0 Å². The standard InChI is InChI=1S/C40H26N2O4/c1-45-29-17-13-27(14-18-29)42(28-15-19-30(46-2)20-16-28)37-23-22-35-32-9-4-8-31-25(6-3-7-26(24-41)40(43)44)12-21-34(38(31)32)33-10-5-11-36(37)39(33)35/h4-5,7-23H,1-2H3,(H,43,44)/b26-7-. The van der Waals surface area contributed by atoms with Crippen molar-refractivity contribution in [2.75, 3.05) is 19.1 Å². The maximum absolute atomic E-state index is 11.2. The molecule has 0 spiro atoms. The summed E-state index contributed by atoms with van der Waals surface area (Å²) in [5.74, 6) is 6.11. The van der Waals surface area contributed by atoms with E-state index in [1.165, 1.54) is 0 Å². The summed E-state index contributed by atoms with van der Waals surface area (Å²) in [6.07, 6.45) is 1.15. The van der Waals surface area contributed by atoms with Gasteiger partial charge >= 0.3 is 5.97 Å². The van der Waals surface area contributed by atoms with Gasteiger partial charge in [0.25, 0.3) is 0 Å². The Kier molecular flexibility index (Phi) is 7.09. The van der Waals surface area contributed by atoms with Crippen molar-refractivity contribution >= 4 is 66.1 Å². The monoisotopic (exact) mass is 598 g/mol. The van der Waals surface area contributed by atoms with Crippen LogP contribution >= 0.6 is 0 Å². The zero-order chi connectivity index (χ0) is 31.8. The van der Waals surface area contributed by atoms with Crippen LogP contribution in [-0.2, 0) is 4.79 Å². The Balaban J connectivity index is 1.48. The molecule has 0 amide bonds. The lowest BCUT2D eigenvalue weighted by molar-refractivity contribution is -0.132. The normalized spacial score (nSPS) is 11.4. The molecule has 7 aromatic carbocycles. The Bertz CT molecular complexity index is 2360. The summed E-state index contributed by atoms with van der Waals surface area (Å²) in [6.45, 7) is 0. The first kappa shape index (κ1) is 28.3. The molecule has 0 atom stereocenters. The van der Waals surface area contributed by atoms with Gasteiger partial charge in [0.1, 0.15) is 23.1 Å². The Hall–Kier alpha value is -6.50. The number of anilines is 3. The summed E-state index contributed by atoms with van der Waals surface area (Å²) in [7, 11) is 3.33. The van der Waals surface area contributed by atoms with E-state index in [1.54, 1.807) is 20.3 Å². The summed E-state index contributed by atoms with van der Waals surface area (Å²) in [5.41, 5.74) is 3.38. The Morgan fingerprint density at radius 2 is 1.17 bits per heavy atom. The second kappa shape index (κ2) is 11.5. The zero-order valence-corrected chi connectivity index (χ0v) is 25.0. The molecule has 220 valence electrons. The summed E-state index contributed by atoms with van der Waals surface area (Å²) in [6, 6.07) is 38.8. The van der Waals surface area contributed by atoms with Gasteiger partial charge in [-0.25, -0.2) is 4.79 Å². The lowest BCUT2D eigenvalue weighted by Crippen LogP contribution is -2.10. The average molecular weight is 599 g/mol. The summed E-state index contributed by atoms with van der Waals surface area (Å²) >= 11 is 0. The number of methoxy groups -OCH3 is 2. The highest BCUT2D eigenvalue weighted by Gasteiger charge is 2.20. The number of aliphatic carboxylic acids is 1. The van der Waals surface area contributed by atoms with Crippen LogP contribution in [0, 0.1) is 23.2 Å². The van der Waals surface area contributed by atoms with Crippen molar-refractivity contribution in [2.45, 2.75) is 0 Å². The fraction of sp³-hybridized carbons (Fsp3) is 0.0500. The van der Waals surface area contributed by atoms with Crippen LogP contribution in [0.3, 0.4) is 0 Å². The third-order valence-corrected chi connectivity index (χ3v) is 8.31. The quantitative estimate of drug-likeness (QED) is 0.0676. The first-order valence-corrected chi connectivity index (χ1v) is 14.6. The van der Waals surface area contributed by atoms with E-state index in [0.29, 0.717) is 0 Å². The Morgan fingerprint density at radius 3 is 1.72 bits per heavy atom. The number of fused-ring (bicyclic) bond motifs is 2. The minimum atomic E-state index is -1.30. The molecule has 6 heteroatoms. The molecule has 0 radical (unpaired) electrons. The van der Waals surface area contributed by atoms with E-state index in [1.807, 2.05) is 42.5 Å². The number of carboxylic acid groups (broad SMARTS) is 1. The lowest BCUT2D eigenvalue weighted by Gasteiger charge is -2.28. The highest BCUT2D eigenvalue weighted by molar-refractivity contribution is 6.34. The molecule has 0 fully saturated rings. The van der Waals surface area contributed by atoms with Crippen molar-refractivity contribution in [2.24, 2.45) is 0 Å². The SMILES string of the molecule is COc1ccc(N(c2ccc(OC)cc2)c2ccc3c4cccc5c(C#C/C=C(/C#N)C(=O)O)ccc(c6cccc2c63)c54)cc1. The number of hydrogen-bond acceptors (Lipinski definition) is 5. The molecule has 0 heterocycles. The number of hydrogen-bond donors (Lipinski definition) is 1. The van der Waals surface area contributed by atoms with Crippen molar-refractivity contribution < 1.29 is 19.4 Å². The van der Waals surface area contributed by atoms with Crippen molar-refractivity contribution in [1.82, 2.24) is 0 Å². The second-order valence-electron chi connectivity index (χ2n) is 10.7. The number of rotatable bonds is 6. The molecule has 6 nitrogen and oxygen atoms in total. The topological polar surface area (TPSA) is 82.8 Å². The van der Waals surface area contributed by atoms with E-state index < -0.39 is 11.5 Å². The molecule has 1 N–H and O–H groups in total. The predicted molar refractivity (Wildman–Crippen MR) is 184 cm³/mol. The smallest absolute Gasteiger partial charge is 0.347 e. The van der Waals surface area contributed by atoms with Gasteiger partial charge in [-0.3, -0.25) is 0 Å². The number of nitrogens with zero attached hydrogens (tertiary/aromatic N) is 2. The number of carbonyl (C=O) groups is 1. The predicted octanol–water partition coefficient (Wildman–Crippen LogP) is 9.11. The number of ether oxygens (including phenoxy) is 2. The lowest BCUT2D eigenvalue weighted by atomic mass is 9.88. The van der Waals surface area contributed by atoms with Gasteiger partial charge in [-0.1, -0.05) is 60.4 Å². The highest BCUT2D eigenvalue weighted by Crippen LogP contribution is 2.46. The maximum atomic E-state index is 11.2. The van der Waals surface area contributed by atoms with E-state index in [9.17, 15) is 9.90 Å². The number of allylic oxidation sites excluding steroid dienone is 1. The molecule has 7 aromatic rings. The van der Waals surface area contributed by atoms with E-state index >= 15 is 0 Å². The number of benzene rings is 7. The molecule has 0 aliphatic rings. The van der Waals surface area contributed by atoms with Crippen LogP contribution in [0.25, 0.3) is 43.1 Å². The molecule has 7 rings (SSSR count). The Morgan fingerprint density at radius 1 is 0.674 bits per heavy atom. The van der Waals surface area contributed by atoms with Crippen molar-refractivity contribution in [1.29, 1.82) is 5.26 Å². The van der Waals surface area contributed by atoms with Gasteiger partial charge in [0, 0.05) is 28.4 Å². The fourth-order valence-corrected chi connectivity index (χ4v) is 6.22. The first-order valence-electron chi connectivity index (χ1n) is 14.6. The number of nitriles is 1. The van der Waals surface area contributed by atoms with Gasteiger partial charge in [-0.2, -0.15) is 5.26 Å². The summed E-state index contributed by atoms with van der Waals surface area (Å²) in [4.78, 5) is 13.5. The van der Waals surface area contributed by atoms with E-state index in [-0.39, 0.29) is 0 Å². The second-order valence-corrected chi connectivity index (χ2v) is 10.7. The molecule has 0 unspecified atom stereocenters. The summed E-state index contributed by atoms with van der Waals surface area (Å²) < 4.78 is 10.9. The van der Waals surface area contributed by atoms with Crippen LogP contribution in [0.15, 0.2) is 121 Å². The van der Waals surface area contributed by atoms with Gasteiger partial charge in [0.05, 0.1) is 19.9 Å². The third-order valence-electron chi connectivity index (χ3n) is 8.31. The third kappa shape index (κ3) is 4.66. The molecular formula is C40H26N2O4. The molecule has 0 aromatic heterocycles. The van der Waals surface area contributed by atoms with Gasteiger partial charge in [-0.15, -0.1) is 0 Å². The minimum Gasteiger partial charge on any atom is -0.497 e. The molecule has 0 bridgehead atoms. The minimum absolute atomic E-state index is 0.398. The average Bonchev–Trinajstić information content (AvgIpc) is 3.10. The zero-order valence-electron chi connectivity index (χ0n) is 25.0. The van der Waals surface area contributed by atoms with Crippen molar-refractivity contribution in [3.8, 4) is 29.4 Å². The van der Waals surface area contributed by atoms with Gasteiger partial charge in [0.15, 0.2) is 0 Å². The van der Waals surface area contributed by atoms with Crippen LogP contribution in [0.1, 0.15) is 5.56 Å². The van der Waals surface area contributed by atoms with Gasteiger partial charge in [-0.05, 0) is 98.4 Å². The van der Waals surface area contributed by atoms with Crippen molar-refractivity contribution in [3.63, 3.8) is 0 Å².